The minimum Gasteiger partial charge on any atom is -0.508 e. The minimum absolute atomic E-state index is 0.172. The van der Waals surface area contributed by atoms with Gasteiger partial charge in [0, 0.05) is 5.75 Å². The molecule has 110 valence electrons. The maximum atomic E-state index is 10.2. The van der Waals surface area contributed by atoms with Gasteiger partial charge in [-0.2, -0.15) is 0 Å². The first kappa shape index (κ1) is 15.4. The van der Waals surface area contributed by atoms with Crippen LogP contribution in [0.4, 0.5) is 0 Å². The fraction of sp³-hybridized carbons (Fsp3) is 0.188. The Morgan fingerprint density at radius 1 is 1.10 bits per heavy atom. The molecule has 0 aliphatic carbocycles. The minimum atomic E-state index is -0.879. The highest BCUT2D eigenvalue weighted by Crippen LogP contribution is 2.35. The quantitative estimate of drug-likeness (QED) is 0.888. The molecule has 2 aromatic rings. The lowest BCUT2D eigenvalue weighted by atomic mass is 10.2. The van der Waals surface area contributed by atoms with Crippen LogP contribution in [0.15, 0.2) is 54.6 Å². The Kier molecular flexibility index (Phi) is 5.66. The lowest BCUT2D eigenvalue weighted by Gasteiger charge is -2.07. The molecule has 1 heterocycles. The van der Waals surface area contributed by atoms with Crippen molar-refractivity contribution in [3.63, 3.8) is 0 Å². The third-order valence-corrected chi connectivity index (χ3v) is 3.92. The number of ether oxygens (including phenoxy) is 1. The average molecular weight is 304 g/mol. The number of hydrogen-bond donors (Lipinski definition) is 2. The molecular formula is C16H16O4S. The fourth-order valence-electron chi connectivity index (χ4n) is 1.76. The van der Waals surface area contributed by atoms with Crippen LogP contribution in [-0.2, 0) is 4.74 Å². The Bertz CT molecular complexity index is 563. The number of thioether (sulfide) groups is 1. The molecule has 0 saturated carbocycles. The molecule has 0 bridgehead atoms. The number of rotatable bonds is 2. The molecule has 4 nitrogen and oxygen atoms in total. The topological polar surface area (TPSA) is 66.8 Å². The van der Waals surface area contributed by atoms with Gasteiger partial charge in [-0.15, -0.1) is 11.8 Å². The van der Waals surface area contributed by atoms with Crippen molar-refractivity contribution < 1.29 is 19.7 Å². The molecule has 5 heteroatoms. The maximum Gasteiger partial charge on any atom is 0.335 e. The second-order valence-electron chi connectivity index (χ2n) is 4.34. The summed E-state index contributed by atoms with van der Waals surface area (Å²) in [5.74, 6) is 0.489. The molecule has 1 saturated heterocycles. The molecule has 1 atom stereocenters. The molecule has 1 fully saturated rings. The predicted octanol–water partition coefficient (Wildman–Crippen LogP) is 3.54. The van der Waals surface area contributed by atoms with Gasteiger partial charge < -0.3 is 14.9 Å². The van der Waals surface area contributed by atoms with E-state index < -0.39 is 5.97 Å². The van der Waals surface area contributed by atoms with Gasteiger partial charge in [-0.3, -0.25) is 0 Å². The number of phenols is 1. The summed E-state index contributed by atoms with van der Waals surface area (Å²) in [4.78, 5) is 10.2. The van der Waals surface area contributed by atoms with E-state index in [1.54, 1.807) is 54.2 Å². The lowest BCUT2D eigenvalue weighted by Crippen LogP contribution is -1.93. The summed E-state index contributed by atoms with van der Waals surface area (Å²) < 4.78 is 5.46. The van der Waals surface area contributed by atoms with Crippen LogP contribution in [-0.4, -0.2) is 28.5 Å². The van der Waals surface area contributed by atoms with Crippen LogP contribution in [0.25, 0.3) is 0 Å². The molecule has 1 aliphatic heterocycles. The van der Waals surface area contributed by atoms with Crippen molar-refractivity contribution in [2.45, 2.75) is 5.44 Å². The van der Waals surface area contributed by atoms with Gasteiger partial charge in [0.25, 0.3) is 0 Å². The van der Waals surface area contributed by atoms with E-state index in [9.17, 15) is 4.79 Å². The van der Waals surface area contributed by atoms with Crippen molar-refractivity contribution in [3.05, 3.63) is 65.7 Å². The van der Waals surface area contributed by atoms with Gasteiger partial charge in [-0.05, 0) is 29.8 Å². The van der Waals surface area contributed by atoms with Gasteiger partial charge in [-0.1, -0.05) is 30.3 Å². The van der Waals surface area contributed by atoms with E-state index in [1.807, 2.05) is 12.1 Å². The van der Waals surface area contributed by atoms with E-state index in [4.69, 9.17) is 14.9 Å². The molecule has 3 rings (SSSR count). The SMILES string of the molecule is O=C(O)c1ccccc1.Oc1ccc(C2OCCS2)cc1. The lowest BCUT2D eigenvalue weighted by molar-refractivity contribution is 0.0697. The summed E-state index contributed by atoms with van der Waals surface area (Å²) in [6.45, 7) is 0.830. The molecule has 0 aromatic heterocycles. The van der Waals surface area contributed by atoms with Crippen LogP contribution in [0, 0.1) is 0 Å². The van der Waals surface area contributed by atoms with E-state index in [1.165, 1.54) is 0 Å². The second kappa shape index (κ2) is 7.71. The number of carbonyl (C=O) groups is 1. The first-order valence-electron chi connectivity index (χ1n) is 6.47. The number of aromatic carboxylic acids is 1. The molecule has 1 aliphatic rings. The first-order chi connectivity index (χ1) is 10.2. The van der Waals surface area contributed by atoms with E-state index in [0.717, 1.165) is 17.9 Å². The zero-order chi connectivity index (χ0) is 15.1. The molecule has 0 spiro atoms. The highest BCUT2D eigenvalue weighted by Gasteiger charge is 2.17. The number of carboxylic acid groups (broad SMARTS) is 1. The van der Waals surface area contributed by atoms with Crippen molar-refractivity contribution in [2.75, 3.05) is 12.4 Å². The highest BCUT2D eigenvalue weighted by atomic mass is 32.2. The van der Waals surface area contributed by atoms with E-state index >= 15 is 0 Å². The predicted molar refractivity (Wildman–Crippen MR) is 82.7 cm³/mol. The third kappa shape index (κ3) is 4.81. The van der Waals surface area contributed by atoms with Gasteiger partial charge in [0.1, 0.15) is 11.2 Å². The van der Waals surface area contributed by atoms with Crippen LogP contribution in [0.2, 0.25) is 0 Å². The summed E-state index contributed by atoms with van der Waals surface area (Å²) >= 11 is 1.80. The molecule has 0 amide bonds. The van der Waals surface area contributed by atoms with Crippen LogP contribution < -0.4 is 0 Å². The Morgan fingerprint density at radius 2 is 1.76 bits per heavy atom. The smallest absolute Gasteiger partial charge is 0.335 e. The molecule has 2 N–H and O–H groups in total. The van der Waals surface area contributed by atoms with Gasteiger partial charge in [-0.25, -0.2) is 4.79 Å². The molecular weight excluding hydrogens is 288 g/mol. The van der Waals surface area contributed by atoms with Crippen molar-refractivity contribution >= 4 is 17.7 Å². The summed E-state index contributed by atoms with van der Waals surface area (Å²) in [6.07, 6.45) is 0. The largest absolute Gasteiger partial charge is 0.508 e. The Balaban J connectivity index is 0.000000161. The Hall–Kier alpha value is -1.98. The molecule has 2 aromatic carbocycles. The van der Waals surface area contributed by atoms with Crippen molar-refractivity contribution in [3.8, 4) is 5.75 Å². The van der Waals surface area contributed by atoms with Crippen LogP contribution in [0.5, 0.6) is 5.75 Å². The summed E-state index contributed by atoms with van der Waals surface area (Å²) in [6, 6.07) is 15.5. The molecule has 0 radical (unpaired) electrons. The number of phenolic OH excluding ortho intramolecular Hbond substituents is 1. The molecule has 1 unspecified atom stereocenters. The number of benzene rings is 2. The zero-order valence-electron chi connectivity index (χ0n) is 11.3. The third-order valence-electron chi connectivity index (χ3n) is 2.81. The van der Waals surface area contributed by atoms with E-state index in [2.05, 4.69) is 0 Å². The van der Waals surface area contributed by atoms with Gasteiger partial charge in [0.05, 0.1) is 12.2 Å². The monoisotopic (exact) mass is 304 g/mol. The van der Waals surface area contributed by atoms with Gasteiger partial charge in [0.15, 0.2) is 0 Å². The number of aromatic hydroxyl groups is 1. The second-order valence-corrected chi connectivity index (χ2v) is 5.51. The fourth-order valence-corrected chi connectivity index (χ4v) is 2.71. The summed E-state index contributed by atoms with van der Waals surface area (Å²) in [5.41, 5.74) is 1.64. The molecule has 21 heavy (non-hydrogen) atoms. The summed E-state index contributed by atoms with van der Waals surface area (Å²) in [7, 11) is 0. The standard InChI is InChI=1S/C9H10O2S.C7H6O2/c10-8-3-1-7(2-4-8)9-11-5-6-12-9;8-7(9)6-4-2-1-3-5-6/h1-4,9-10H,5-6H2;1-5H,(H,8,9). The first-order valence-corrected chi connectivity index (χ1v) is 7.52. The number of carboxylic acids is 1. The van der Waals surface area contributed by atoms with Crippen molar-refractivity contribution in [2.24, 2.45) is 0 Å². The Morgan fingerprint density at radius 3 is 2.24 bits per heavy atom. The van der Waals surface area contributed by atoms with Crippen LogP contribution in [0.1, 0.15) is 21.4 Å². The van der Waals surface area contributed by atoms with Crippen molar-refractivity contribution in [1.29, 1.82) is 0 Å². The van der Waals surface area contributed by atoms with E-state index in [0.29, 0.717) is 11.3 Å². The summed E-state index contributed by atoms with van der Waals surface area (Å²) in [5, 5.41) is 17.4. The maximum absolute atomic E-state index is 10.2. The van der Waals surface area contributed by atoms with Crippen LogP contribution in [0.3, 0.4) is 0 Å². The van der Waals surface area contributed by atoms with Gasteiger partial charge >= 0.3 is 5.97 Å². The Labute approximate surface area is 127 Å². The van der Waals surface area contributed by atoms with Crippen LogP contribution >= 0.6 is 11.8 Å². The van der Waals surface area contributed by atoms with Gasteiger partial charge in [0.2, 0.25) is 0 Å². The zero-order valence-corrected chi connectivity index (χ0v) is 12.1. The highest BCUT2D eigenvalue weighted by molar-refractivity contribution is 7.99. The van der Waals surface area contributed by atoms with Crippen molar-refractivity contribution in [1.82, 2.24) is 0 Å². The number of hydrogen-bond acceptors (Lipinski definition) is 4. The average Bonchev–Trinajstić information content (AvgIpc) is 3.04. The normalized spacial score (nSPS) is 16.9. The van der Waals surface area contributed by atoms with E-state index in [-0.39, 0.29) is 5.44 Å².